The van der Waals surface area contributed by atoms with Crippen molar-refractivity contribution >= 4 is 34.3 Å². The number of hydrogen-bond acceptors (Lipinski definition) is 5. The second-order valence-electron chi connectivity index (χ2n) is 4.70. The first-order chi connectivity index (χ1) is 11.2. The summed E-state index contributed by atoms with van der Waals surface area (Å²) in [5, 5.41) is 12.1. The zero-order valence-electron chi connectivity index (χ0n) is 12.2. The minimum absolute atomic E-state index is 0.00188. The first-order valence-corrected chi connectivity index (χ1v) is 7.16. The van der Waals surface area contributed by atoms with E-state index in [-0.39, 0.29) is 5.02 Å². The van der Waals surface area contributed by atoms with Gasteiger partial charge in [-0.1, -0.05) is 41.9 Å². The second-order valence-corrected chi connectivity index (χ2v) is 5.08. The number of hydrogen-bond donors (Lipinski definition) is 2. The third-order valence-corrected chi connectivity index (χ3v) is 3.70. The molecule has 0 saturated carbocycles. The standard InChI is InChI=1S/C16H13ClN4O2/c1-23-14-7-6-10-4-2-3-5-11(10)12(14)8-18-20-13-9-19-21-16(22)15(13)17/h2-9H,1H3,(H2,20,21,22)/b18-8-. The van der Waals surface area contributed by atoms with Crippen molar-refractivity contribution in [2.45, 2.75) is 0 Å². The van der Waals surface area contributed by atoms with Crippen LogP contribution in [-0.2, 0) is 0 Å². The molecular weight excluding hydrogens is 316 g/mol. The Bertz CT molecular complexity index is 937. The average molecular weight is 329 g/mol. The molecule has 7 heteroatoms. The molecule has 2 N–H and O–H groups in total. The smallest absolute Gasteiger partial charge is 0.285 e. The molecule has 0 unspecified atom stereocenters. The van der Waals surface area contributed by atoms with Gasteiger partial charge in [0.2, 0.25) is 0 Å². The molecule has 2 aromatic carbocycles. The summed E-state index contributed by atoms with van der Waals surface area (Å²) < 4.78 is 5.39. The Balaban J connectivity index is 1.97. The maximum absolute atomic E-state index is 11.4. The van der Waals surface area contributed by atoms with Gasteiger partial charge in [-0.15, -0.1) is 0 Å². The summed E-state index contributed by atoms with van der Waals surface area (Å²) in [4.78, 5) is 11.4. The van der Waals surface area contributed by atoms with Crippen LogP contribution in [0.1, 0.15) is 5.56 Å². The van der Waals surface area contributed by atoms with E-state index in [9.17, 15) is 4.79 Å². The molecule has 3 aromatic rings. The van der Waals surface area contributed by atoms with Crippen LogP contribution < -0.4 is 15.7 Å². The van der Waals surface area contributed by atoms with Gasteiger partial charge >= 0.3 is 0 Å². The van der Waals surface area contributed by atoms with Crippen molar-refractivity contribution in [2.24, 2.45) is 5.10 Å². The molecule has 3 rings (SSSR count). The van der Waals surface area contributed by atoms with E-state index in [1.165, 1.54) is 6.20 Å². The van der Waals surface area contributed by atoms with E-state index in [0.717, 1.165) is 16.3 Å². The Morgan fingerprint density at radius 3 is 2.96 bits per heavy atom. The molecule has 0 aliphatic heterocycles. The number of rotatable bonds is 4. The van der Waals surface area contributed by atoms with Gasteiger partial charge in [0.15, 0.2) is 0 Å². The molecule has 0 spiro atoms. The fraction of sp³-hybridized carbons (Fsp3) is 0.0625. The predicted molar refractivity (Wildman–Crippen MR) is 91.6 cm³/mol. The highest BCUT2D eigenvalue weighted by atomic mass is 35.5. The zero-order valence-corrected chi connectivity index (χ0v) is 13.0. The second kappa shape index (κ2) is 6.50. The van der Waals surface area contributed by atoms with Crippen LogP contribution in [0.5, 0.6) is 5.75 Å². The average Bonchev–Trinajstić information content (AvgIpc) is 2.58. The lowest BCUT2D eigenvalue weighted by Gasteiger charge is -2.08. The lowest BCUT2D eigenvalue weighted by atomic mass is 10.0. The van der Waals surface area contributed by atoms with E-state index in [0.29, 0.717) is 11.4 Å². The van der Waals surface area contributed by atoms with E-state index in [4.69, 9.17) is 16.3 Å². The number of methoxy groups -OCH3 is 1. The monoisotopic (exact) mass is 328 g/mol. The third kappa shape index (κ3) is 3.02. The number of nitrogens with zero attached hydrogens (tertiary/aromatic N) is 2. The number of aromatic amines is 1. The molecule has 1 heterocycles. The Morgan fingerprint density at radius 1 is 1.30 bits per heavy atom. The number of benzene rings is 2. The predicted octanol–water partition coefficient (Wildman–Crippen LogP) is 3.03. The van der Waals surface area contributed by atoms with Crippen LogP contribution >= 0.6 is 11.6 Å². The molecule has 116 valence electrons. The highest BCUT2D eigenvalue weighted by molar-refractivity contribution is 6.32. The van der Waals surface area contributed by atoms with Crippen LogP contribution in [0.15, 0.2) is 52.5 Å². The van der Waals surface area contributed by atoms with Crippen molar-refractivity contribution in [3.05, 3.63) is 63.5 Å². The number of hydrazone groups is 1. The van der Waals surface area contributed by atoms with Crippen molar-refractivity contribution in [3.63, 3.8) is 0 Å². The minimum atomic E-state index is -0.477. The summed E-state index contributed by atoms with van der Waals surface area (Å²) in [7, 11) is 1.60. The van der Waals surface area contributed by atoms with Crippen LogP contribution in [0, 0.1) is 0 Å². The Hall–Kier alpha value is -2.86. The van der Waals surface area contributed by atoms with Crippen molar-refractivity contribution < 1.29 is 4.74 Å². The van der Waals surface area contributed by atoms with Crippen LogP contribution in [0.3, 0.4) is 0 Å². The first-order valence-electron chi connectivity index (χ1n) is 6.78. The first kappa shape index (κ1) is 15.1. The molecule has 0 radical (unpaired) electrons. The molecule has 6 nitrogen and oxygen atoms in total. The van der Waals surface area contributed by atoms with Crippen LogP contribution in [0.2, 0.25) is 5.02 Å². The third-order valence-electron chi connectivity index (χ3n) is 3.32. The topological polar surface area (TPSA) is 79.4 Å². The molecule has 0 atom stereocenters. The van der Waals surface area contributed by atoms with Gasteiger partial charge in [-0.05, 0) is 16.8 Å². The number of anilines is 1. The van der Waals surface area contributed by atoms with Crippen molar-refractivity contribution in [1.29, 1.82) is 0 Å². The van der Waals surface area contributed by atoms with E-state index in [1.54, 1.807) is 13.3 Å². The van der Waals surface area contributed by atoms with Crippen LogP contribution in [-0.4, -0.2) is 23.5 Å². The molecule has 0 fully saturated rings. The fourth-order valence-electron chi connectivity index (χ4n) is 2.21. The maximum Gasteiger partial charge on any atom is 0.285 e. The molecular formula is C16H13ClN4O2. The van der Waals surface area contributed by atoms with Gasteiger partial charge in [0, 0.05) is 5.56 Å². The van der Waals surface area contributed by atoms with E-state index >= 15 is 0 Å². The van der Waals surface area contributed by atoms with Crippen molar-refractivity contribution in [1.82, 2.24) is 10.2 Å². The quantitative estimate of drug-likeness (QED) is 0.570. The van der Waals surface area contributed by atoms with E-state index in [2.05, 4.69) is 20.7 Å². The number of aromatic nitrogens is 2. The van der Waals surface area contributed by atoms with Gasteiger partial charge < -0.3 is 4.74 Å². The maximum atomic E-state index is 11.4. The van der Waals surface area contributed by atoms with Gasteiger partial charge in [0.25, 0.3) is 5.56 Å². The Labute approximate surface area is 136 Å². The normalized spacial score (nSPS) is 11.0. The molecule has 0 aliphatic carbocycles. The summed E-state index contributed by atoms with van der Waals surface area (Å²) >= 11 is 5.88. The summed E-state index contributed by atoms with van der Waals surface area (Å²) in [6.45, 7) is 0. The molecule has 0 saturated heterocycles. The van der Waals surface area contributed by atoms with Gasteiger partial charge in [0.1, 0.15) is 16.5 Å². The fourth-order valence-corrected chi connectivity index (χ4v) is 2.35. The van der Waals surface area contributed by atoms with Gasteiger partial charge in [-0.2, -0.15) is 10.2 Å². The number of fused-ring (bicyclic) bond motifs is 1. The van der Waals surface area contributed by atoms with Crippen LogP contribution in [0.4, 0.5) is 5.69 Å². The number of H-pyrrole nitrogens is 1. The van der Waals surface area contributed by atoms with Gasteiger partial charge in [-0.25, -0.2) is 5.10 Å². The van der Waals surface area contributed by atoms with Crippen LogP contribution in [0.25, 0.3) is 10.8 Å². The highest BCUT2D eigenvalue weighted by Gasteiger charge is 2.07. The van der Waals surface area contributed by atoms with Gasteiger partial charge in [0.05, 0.1) is 19.5 Å². The van der Waals surface area contributed by atoms with E-state index < -0.39 is 5.56 Å². The number of ether oxygens (including phenoxy) is 1. The summed E-state index contributed by atoms with van der Waals surface area (Å²) in [6, 6.07) is 11.8. The summed E-state index contributed by atoms with van der Waals surface area (Å²) in [5.41, 5.74) is 3.39. The van der Waals surface area contributed by atoms with Gasteiger partial charge in [-0.3, -0.25) is 10.2 Å². The molecule has 0 bridgehead atoms. The summed E-state index contributed by atoms with van der Waals surface area (Å²) in [5.74, 6) is 0.699. The number of halogens is 1. The van der Waals surface area contributed by atoms with Crippen molar-refractivity contribution in [3.8, 4) is 5.75 Å². The van der Waals surface area contributed by atoms with E-state index in [1.807, 2.05) is 36.4 Å². The highest BCUT2D eigenvalue weighted by Crippen LogP contribution is 2.26. The molecule has 0 aliphatic rings. The Morgan fingerprint density at radius 2 is 2.13 bits per heavy atom. The van der Waals surface area contributed by atoms with Crippen molar-refractivity contribution in [2.75, 3.05) is 12.5 Å². The summed E-state index contributed by atoms with van der Waals surface area (Å²) in [6.07, 6.45) is 3.01. The SMILES string of the molecule is COc1ccc2ccccc2c1/C=N\Nc1cn[nH]c(=O)c1Cl. The zero-order chi connectivity index (χ0) is 16.2. The lowest BCUT2D eigenvalue weighted by molar-refractivity contribution is 0.415. The Kier molecular flexibility index (Phi) is 4.25. The lowest BCUT2D eigenvalue weighted by Crippen LogP contribution is -2.10. The largest absolute Gasteiger partial charge is 0.496 e. The molecule has 23 heavy (non-hydrogen) atoms. The minimum Gasteiger partial charge on any atom is -0.496 e. The number of nitrogens with one attached hydrogen (secondary N) is 2. The molecule has 0 amide bonds. The molecule has 1 aromatic heterocycles.